The van der Waals surface area contributed by atoms with Gasteiger partial charge in [-0.1, -0.05) is 30.3 Å². The summed E-state index contributed by atoms with van der Waals surface area (Å²) < 4.78 is 0. The van der Waals surface area contributed by atoms with E-state index in [4.69, 9.17) is 5.73 Å². The number of aliphatic imine (C=N–C) groups is 1. The quantitative estimate of drug-likeness (QED) is 0.502. The van der Waals surface area contributed by atoms with Crippen LogP contribution in [0.2, 0.25) is 0 Å². The van der Waals surface area contributed by atoms with E-state index < -0.39 is 0 Å². The van der Waals surface area contributed by atoms with Crippen molar-refractivity contribution in [2.75, 3.05) is 0 Å². The summed E-state index contributed by atoms with van der Waals surface area (Å²) in [5.41, 5.74) is 7.16. The van der Waals surface area contributed by atoms with Gasteiger partial charge in [0.15, 0.2) is 5.96 Å². The van der Waals surface area contributed by atoms with E-state index in [1.807, 2.05) is 6.07 Å². The molecule has 94 valence electrons. The van der Waals surface area contributed by atoms with Crippen molar-refractivity contribution in [1.29, 1.82) is 0 Å². The minimum Gasteiger partial charge on any atom is -0.370 e. The molecule has 0 radical (unpaired) electrons. The molecule has 2 atom stereocenters. The number of rotatable bonds is 3. The Morgan fingerprint density at radius 3 is 2.59 bits per heavy atom. The Balaban J connectivity index is 0.00000144. The zero-order valence-corrected chi connectivity index (χ0v) is 12.6. The van der Waals surface area contributed by atoms with Gasteiger partial charge in [-0.2, -0.15) is 0 Å². The van der Waals surface area contributed by atoms with Crippen LogP contribution in [0.15, 0.2) is 35.3 Å². The summed E-state index contributed by atoms with van der Waals surface area (Å²) in [4.78, 5) is 4.47. The Morgan fingerprint density at radius 2 is 2.00 bits per heavy atom. The summed E-state index contributed by atoms with van der Waals surface area (Å²) in [6.45, 7) is 4.12. The summed E-state index contributed by atoms with van der Waals surface area (Å²) in [6.07, 6.45) is 1.12. The highest BCUT2D eigenvalue weighted by atomic mass is 127. The molecule has 17 heavy (non-hydrogen) atoms. The number of hydrogen-bond donors (Lipinski definition) is 2. The third-order valence-electron chi connectivity index (χ3n) is 2.73. The fourth-order valence-electron chi connectivity index (χ4n) is 1.89. The van der Waals surface area contributed by atoms with Crippen LogP contribution in [0.5, 0.6) is 0 Å². The van der Waals surface area contributed by atoms with Crippen molar-refractivity contribution >= 4 is 29.9 Å². The van der Waals surface area contributed by atoms with Gasteiger partial charge in [-0.05, 0) is 25.8 Å². The minimum atomic E-state index is 0. The standard InChI is InChI=1S/C13H19N3.HI/c1-9(2)15-13(14)16-12-8-11(12)10-6-4-3-5-7-10;/h3-7,9,11-12H,8H2,1-2H3,(H3,14,15,16);1H. The fourth-order valence-corrected chi connectivity index (χ4v) is 1.89. The number of hydrogen-bond acceptors (Lipinski definition) is 1. The molecule has 3 N–H and O–H groups in total. The van der Waals surface area contributed by atoms with E-state index in [1.54, 1.807) is 0 Å². The fraction of sp³-hybridized carbons (Fsp3) is 0.462. The predicted molar refractivity (Wildman–Crippen MR) is 82.9 cm³/mol. The average molecular weight is 345 g/mol. The lowest BCUT2D eigenvalue weighted by atomic mass is 10.1. The van der Waals surface area contributed by atoms with Crippen molar-refractivity contribution in [2.45, 2.75) is 38.3 Å². The summed E-state index contributed by atoms with van der Waals surface area (Å²) in [7, 11) is 0. The van der Waals surface area contributed by atoms with Crippen LogP contribution in [-0.4, -0.2) is 18.0 Å². The zero-order valence-electron chi connectivity index (χ0n) is 10.3. The van der Waals surface area contributed by atoms with Gasteiger partial charge in [-0.3, -0.25) is 0 Å². The van der Waals surface area contributed by atoms with Gasteiger partial charge in [0.1, 0.15) is 0 Å². The van der Waals surface area contributed by atoms with Gasteiger partial charge < -0.3 is 11.1 Å². The van der Waals surface area contributed by atoms with Crippen LogP contribution < -0.4 is 11.1 Å². The van der Waals surface area contributed by atoms with Gasteiger partial charge in [0, 0.05) is 12.0 Å². The maximum absolute atomic E-state index is 5.79. The normalized spacial score (nSPS) is 23.1. The van der Waals surface area contributed by atoms with E-state index in [1.165, 1.54) is 5.56 Å². The second kappa shape index (κ2) is 6.23. The lowest BCUT2D eigenvalue weighted by Gasteiger charge is -2.08. The molecule has 1 aromatic carbocycles. The molecule has 1 fully saturated rings. The number of nitrogens with zero attached hydrogens (tertiary/aromatic N) is 1. The molecule has 0 heterocycles. The molecule has 4 heteroatoms. The largest absolute Gasteiger partial charge is 0.370 e. The lowest BCUT2D eigenvalue weighted by molar-refractivity contribution is 0.722. The Hall–Kier alpha value is -0.780. The lowest BCUT2D eigenvalue weighted by Crippen LogP contribution is -2.37. The Labute approximate surface area is 120 Å². The molecule has 0 aliphatic heterocycles. The van der Waals surface area contributed by atoms with E-state index >= 15 is 0 Å². The molecule has 0 aromatic heterocycles. The van der Waals surface area contributed by atoms with Crippen LogP contribution in [0.25, 0.3) is 0 Å². The van der Waals surface area contributed by atoms with Crippen LogP contribution in [0.4, 0.5) is 0 Å². The van der Waals surface area contributed by atoms with E-state index in [0.717, 1.165) is 6.42 Å². The first kappa shape index (κ1) is 14.3. The van der Waals surface area contributed by atoms with Crippen LogP contribution in [0.1, 0.15) is 31.7 Å². The van der Waals surface area contributed by atoms with Crippen LogP contribution in [0, 0.1) is 0 Å². The van der Waals surface area contributed by atoms with Crippen molar-refractivity contribution in [1.82, 2.24) is 5.32 Å². The topological polar surface area (TPSA) is 50.4 Å². The zero-order chi connectivity index (χ0) is 11.5. The highest BCUT2D eigenvalue weighted by Gasteiger charge is 2.38. The van der Waals surface area contributed by atoms with Gasteiger partial charge >= 0.3 is 0 Å². The van der Waals surface area contributed by atoms with Gasteiger partial charge in [0.25, 0.3) is 0 Å². The Morgan fingerprint density at radius 1 is 1.35 bits per heavy atom. The maximum atomic E-state index is 5.79. The van der Waals surface area contributed by atoms with E-state index in [0.29, 0.717) is 24.0 Å². The Bertz CT molecular complexity index is 376. The van der Waals surface area contributed by atoms with Gasteiger partial charge in [-0.25, -0.2) is 4.99 Å². The molecular weight excluding hydrogens is 325 g/mol. The van der Waals surface area contributed by atoms with Crippen LogP contribution >= 0.6 is 24.0 Å². The smallest absolute Gasteiger partial charge is 0.189 e. The first-order valence-corrected chi connectivity index (χ1v) is 5.81. The third kappa shape index (κ3) is 4.18. The van der Waals surface area contributed by atoms with Gasteiger partial charge in [-0.15, -0.1) is 24.0 Å². The first-order valence-electron chi connectivity index (χ1n) is 5.81. The van der Waals surface area contributed by atoms with Gasteiger partial charge in [0.05, 0.1) is 6.04 Å². The highest BCUT2D eigenvalue weighted by molar-refractivity contribution is 14.0. The Kier molecular flexibility index (Phi) is 5.24. The van der Waals surface area contributed by atoms with Crippen LogP contribution in [-0.2, 0) is 0 Å². The molecule has 3 nitrogen and oxygen atoms in total. The second-order valence-electron chi connectivity index (χ2n) is 4.63. The molecule has 2 unspecified atom stereocenters. The monoisotopic (exact) mass is 345 g/mol. The van der Waals surface area contributed by atoms with E-state index in [-0.39, 0.29) is 24.0 Å². The van der Waals surface area contributed by atoms with Crippen LogP contribution in [0.3, 0.4) is 0 Å². The number of halogens is 1. The minimum absolute atomic E-state index is 0. The van der Waals surface area contributed by atoms with E-state index in [9.17, 15) is 0 Å². The van der Waals surface area contributed by atoms with Crippen molar-refractivity contribution in [3.05, 3.63) is 35.9 Å². The summed E-state index contributed by atoms with van der Waals surface area (Å²) in [6, 6.07) is 11.2. The SMILES string of the molecule is CC(C)NC(N)=NC1CC1c1ccccc1.I. The van der Waals surface area contributed by atoms with Crippen molar-refractivity contribution < 1.29 is 0 Å². The third-order valence-corrected chi connectivity index (χ3v) is 2.73. The summed E-state index contributed by atoms with van der Waals surface area (Å²) in [5, 5.41) is 3.11. The average Bonchev–Trinajstić information content (AvgIpc) is 2.97. The summed E-state index contributed by atoms with van der Waals surface area (Å²) in [5.74, 6) is 1.13. The number of benzene rings is 1. The molecular formula is C13H20IN3. The molecule has 0 spiro atoms. The second-order valence-corrected chi connectivity index (χ2v) is 4.63. The molecule has 2 rings (SSSR count). The van der Waals surface area contributed by atoms with Crippen molar-refractivity contribution in [2.24, 2.45) is 10.7 Å². The molecule has 1 aromatic rings. The first-order chi connectivity index (χ1) is 7.66. The molecule has 1 aliphatic carbocycles. The predicted octanol–water partition coefficient (Wildman–Crippen LogP) is 2.47. The highest BCUT2D eigenvalue weighted by Crippen LogP contribution is 2.43. The van der Waals surface area contributed by atoms with E-state index in [2.05, 4.69) is 48.4 Å². The van der Waals surface area contributed by atoms with Crippen molar-refractivity contribution in [3.8, 4) is 0 Å². The number of guanidine groups is 1. The number of nitrogens with one attached hydrogen (secondary N) is 1. The molecule has 0 bridgehead atoms. The number of nitrogens with two attached hydrogens (primary N) is 1. The van der Waals surface area contributed by atoms with Gasteiger partial charge in [0.2, 0.25) is 0 Å². The summed E-state index contributed by atoms with van der Waals surface area (Å²) >= 11 is 0. The maximum Gasteiger partial charge on any atom is 0.189 e. The molecule has 0 saturated heterocycles. The molecule has 1 aliphatic rings. The molecule has 1 saturated carbocycles. The van der Waals surface area contributed by atoms with Crippen molar-refractivity contribution in [3.63, 3.8) is 0 Å². The molecule has 0 amide bonds.